The molecule has 2 aromatic carbocycles. The molecule has 3 amide bonds. The molecule has 186 valence electrons. The van der Waals surface area contributed by atoms with Crippen LogP contribution in [0.3, 0.4) is 0 Å². The second-order valence-corrected chi connectivity index (χ2v) is 10.0. The number of benzene rings is 2. The third-order valence-electron chi connectivity index (χ3n) is 7.04. The molecule has 0 atom stereocenters. The number of carbonyl (C=O) groups is 3. The standard InChI is InChI=1S/C28H36N4O3/c1-22(2)19-29-25(33)20-31-21-32(24-11-7-4-8-12-24)28(27(31)35)15-17-30(18-16-28)26(34)14-13-23-9-5-3-6-10-23/h3-12,22H,13-21H2,1-2H3,(H,29,33). The predicted octanol–water partition coefficient (Wildman–Crippen LogP) is 3.06. The van der Waals surface area contributed by atoms with Crippen molar-refractivity contribution in [1.82, 2.24) is 15.1 Å². The summed E-state index contributed by atoms with van der Waals surface area (Å²) < 4.78 is 0. The Kier molecular flexibility index (Phi) is 7.73. The first-order chi connectivity index (χ1) is 16.9. The molecule has 0 bridgehead atoms. The number of anilines is 1. The number of likely N-dealkylation sites (tertiary alicyclic amines) is 1. The van der Waals surface area contributed by atoms with Crippen LogP contribution < -0.4 is 10.2 Å². The van der Waals surface area contributed by atoms with E-state index >= 15 is 0 Å². The van der Waals surface area contributed by atoms with Gasteiger partial charge in [0.1, 0.15) is 12.1 Å². The van der Waals surface area contributed by atoms with E-state index in [2.05, 4.69) is 10.2 Å². The maximum Gasteiger partial charge on any atom is 0.250 e. The molecule has 2 aliphatic heterocycles. The van der Waals surface area contributed by atoms with Gasteiger partial charge in [0.05, 0.1) is 6.67 Å². The predicted molar refractivity (Wildman–Crippen MR) is 137 cm³/mol. The van der Waals surface area contributed by atoms with Gasteiger partial charge in [-0.15, -0.1) is 0 Å². The number of hydrogen-bond donors (Lipinski definition) is 1. The summed E-state index contributed by atoms with van der Waals surface area (Å²) in [7, 11) is 0. The molecule has 2 saturated heterocycles. The fraction of sp³-hybridized carbons (Fsp3) is 0.464. The first-order valence-corrected chi connectivity index (χ1v) is 12.6. The van der Waals surface area contributed by atoms with Crippen molar-refractivity contribution in [2.75, 3.05) is 37.7 Å². The Hall–Kier alpha value is -3.35. The largest absolute Gasteiger partial charge is 0.354 e. The van der Waals surface area contributed by atoms with Crippen molar-refractivity contribution >= 4 is 23.4 Å². The molecule has 0 aliphatic carbocycles. The van der Waals surface area contributed by atoms with Crippen LogP contribution in [0.5, 0.6) is 0 Å². The quantitative estimate of drug-likeness (QED) is 0.636. The summed E-state index contributed by atoms with van der Waals surface area (Å²) in [5.74, 6) is 0.331. The van der Waals surface area contributed by atoms with E-state index in [-0.39, 0.29) is 24.3 Å². The maximum absolute atomic E-state index is 13.7. The van der Waals surface area contributed by atoms with Crippen LogP contribution >= 0.6 is 0 Å². The minimum absolute atomic E-state index is 0.0163. The van der Waals surface area contributed by atoms with Crippen LogP contribution in [-0.2, 0) is 20.8 Å². The highest BCUT2D eigenvalue weighted by atomic mass is 16.2. The minimum atomic E-state index is -0.726. The van der Waals surface area contributed by atoms with Crippen molar-refractivity contribution in [2.24, 2.45) is 5.92 Å². The Morgan fingerprint density at radius 3 is 2.23 bits per heavy atom. The van der Waals surface area contributed by atoms with Crippen molar-refractivity contribution in [2.45, 2.75) is 45.1 Å². The molecule has 0 saturated carbocycles. The Morgan fingerprint density at radius 1 is 0.971 bits per heavy atom. The van der Waals surface area contributed by atoms with Crippen LogP contribution in [0.4, 0.5) is 5.69 Å². The zero-order chi connectivity index (χ0) is 24.8. The second kappa shape index (κ2) is 10.9. The molecule has 7 heteroatoms. The number of carbonyl (C=O) groups excluding carboxylic acids is 3. The van der Waals surface area contributed by atoms with Crippen molar-refractivity contribution in [3.8, 4) is 0 Å². The van der Waals surface area contributed by atoms with E-state index in [1.807, 2.05) is 79.4 Å². The Bertz CT molecular complexity index is 1020. The van der Waals surface area contributed by atoms with Crippen LogP contribution in [0.1, 0.15) is 38.7 Å². The minimum Gasteiger partial charge on any atom is -0.354 e. The molecule has 2 fully saturated rings. The number of nitrogens with one attached hydrogen (secondary N) is 1. The first kappa shape index (κ1) is 24.8. The highest BCUT2D eigenvalue weighted by Gasteiger charge is 2.54. The molecule has 35 heavy (non-hydrogen) atoms. The molecule has 0 radical (unpaired) electrons. The van der Waals surface area contributed by atoms with Crippen LogP contribution in [0.15, 0.2) is 60.7 Å². The van der Waals surface area contributed by atoms with Crippen molar-refractivity contribution in [1.29, 1.82) is 0 Å². The lowest BCUT2D eigenvalue weighted by Crippen LogP contribution is -2.57. The van der Waals surface area contributed by atoms with Crippen molar-refractivity contribution in [3.63, 3.8) is 0 Å². The Labute approximate surface area is 208 Å². The fourth-order valence-electron chi connectivity index (χ4n) is 5.05. The van der Waals surface area contributed by atoms with E-state index in [1.165, 1.54) is 0 Å². The van der Waals surface area contributed by atoms with Gasteiger partial charge in [0, 0.05) is 31.7 Å². The summed E-state index contributed by atoms with van der Waals surface area (Å²) in [5, 5.41) is 2.92. The highest BCUT2D eigenvalue weighted by molar-refractivity contribution is 5.96. The fourth-order valence-corrected chi connectivity index (χ4v) is 5.05. The number of piperidine rings is 1. The molecule has 0 unspecified atom stereocenters. The summed E-state index contributed by atoms with van der Waals surface area (Å²) in [5.41, 5.74) is 1.40. The van der Waals surface area contributed by atoms with Gasteiger partial charge in [-0.3, -0.25) is 14.4 Å². The number of rotatable bonds is 8. The topological polar surface area (TPSA) is 73.0 Å². The molecule has 7 nitrogen and oxygen atoms in total. The van der Waals surface area contributed by atoms with Crippen LogP contribution in [0, 0.1) is 5.92 Å². The average molecular weight is 477 g/mol. The Morgan fingerprint density at radius 2 is 1.60 bits per heavy atom. The summed E-state index contributed by atoms with van der Waals surface area (Å²) in [6.07, 6.45) is 2.30. The number of nitrogens with zero attached hydrogens (tertiary/aromatic N) is 3. The van der Waals surface area contributed by atoms with E-state index < -0.39 is 5.54 Å². The van der Waals surface area contributed by atoms with E-state index in [1.54, 1.807) is 4.90 Å². The summed E-state index contributed by atoms with van der Waals surface area (Å²) in [6, 6.07) is 19.9. The summed E-state index contributed by atoms with van der Waals surface area (Å²) >= 11 is 0. The van der Waals surface area contributed by atoms with Crippen LogP contribution in [0.25, 0.3) is 0 Å². The SMILES string of the molecule is CC(C)CNC(=O)CN1CN(c2ccccc2)C2(CCN(C(=O)CCc3ccccc3)CC2)C1=O. The van der Waals surface area contributed by atoms with Crippen molar-refractivity contribution in [3.05, 3.63) is 66.2 Å². The van der Waals surface area contributed by atoms with E-state index in [0.717, 1.165) is 17.7 Å². The lowest BCUT2D eigenvalue weighted by molar-refractivity contribution is -0.140. The number of amides is 3. The molecule has 2 aliphatic rings. The molecule has 2 heterocycles. The van der Waals surface area contributed by atoms with Gasteiger partial charge in [0.25, 0.3) is 5.91 Å². The molecule has 1 spiro atoms. The third-order valence-corrected chi connectivity index (χ3v) is 7.04. The van der Waals surface area contributed by atoms with Gasteiger partial charge in [-0.05, 0) is 42.9 Å². The van der Waals surface area contributed by atoms with Crippen LogP contribution in [0.2, 0.25) is 0 Å². The summed E-state index contributed by atoms with van der Waals surface area (Å²) in [6.45, 7) is 6.18. The number of aryl methyl sites for hydroxylation is 1. The lowest BCUT2D eigenvalue weighted by Gasteiger charge is -2.43. The second-order valence-electron chi connectivity index (χ2n) is 10.0. The normalized spacial score (nSPS) is 17.3. The van der Waals surface area contributed by atoms with Crippen molar-refractivity contribution < 1.29 is 14.4 Å². The molecule has 0 aromatic heterocycles. The van der Waals surface area contributed by atoms with Gasteiger partial charge < -0.3 is 20.0 Å². The maximum atomic E-state index is 13.7. The van der Waals surface area contributed by atoms with E-state index in [9.17, 15) is 14.4 Å². The number of hydrogen-bond acceptors (Lipinski definition) is 4. The lowest BCUT2D eigenvalue weighted by atomic mass is 9.85. The van der Waals surface area contributed by atoms with E-state index in [0.29, 0.717) is 51.5 Å². The van der Waals surface area contributed by atoms with Gasteiger partial charge in [0.2, 0.25) is 11.8 Å². The molecule has 1 N–H and O–H groups in total. The van der Waals surface area contributed by atoms with Crippen LogP contribution in [-0.4, -0.2) is 65.9 Å². The van der Waals surface area contributed by atoms with Gasteiger partial charge in [-0.25, -0.2) is 0 Å². The zero-order valence-electron chi connectivity index (χ0n) is 20.8. The average Bonchev–Trinajstić information content (AvgIpc) is 3.13. The van der Waals surface area contributed by atoms with Gasteiger partial charge >= 0.3 is 0 Å². The zero-order valence-corrected chi connectivity index (χ0v) is 20.8. The van der Waals surface area contributed by atoms with E-state index in [4.69, 9.17) is 0 Å². The van der Waals surface area contributed by atoms with Gasteiger partial charge in [-0.1, -0.05) is 62.4 Å². The number of para-hydroxylation sites is 1. The summed E-state index contributed by atoms with van der Waals surface area (Å²) in [4.78, 5) is 44.8. The molecule has 4 rings (SSSR count). The monoisotopic (exact) mass is 476 g/mol. The molecular weight excluding hydrogens is 440 g/mol. The highest BCUT2D eigenvalue weighted by Crippen LogP contribution is 2.39. The van der Waals surface area contributed by atoms with Gasteiger partial charge in [0.15, 0.2) is 0 Å². The first-order valence-electron chi connectivity index (χ1n) is 12.6. The Balaban J connectivity index is 1.44. The molecule has 2 aromatic rings. The third kappa shape index (κ3) is 5.66. The smallest absolute Gasteiger partial charge is 0.250 e. The molecular formula is C28H36N4O3. The van der Waals surface area contributed by atoms with Gasteiger partial charge in [-0.2, -0.15) is 0 Å².